The highest BCUT2D eigenvalue weighted by Gasteiger charge is 2.10. The zero-order valence-electron chi connectivity index (χ0n) is 14.5. The molecule has 1 heterocycles. The fraction of sp³-hybridized carbons (Fsp3) is 0.588. The van der Waals surface area contributed by atoms with Gasteiger partial charge in [0, 0.05) is 26.2 Å². The van der Waals surface area contributed by atoms with E-state index in [4.69, 9.17) is 14.2 Å². The summed E-state index contributed by atoms with van der Waals surface area (Å²) in [6.45, 7) is 5.65. The van der Waals surface area contributed by atoms with E-state index in [-0.39, 0.29) is 6.03 Å². The summed E-state index contributed by atoms with van der Waals surface area (Å²) in [5.74, 6) is 1.33. The van der Waals surface area contributed by atoms with Crippen molar-refractivity contribution < 1.29 is 19.0 Å². The maximum atomic E-state index is 11.8. The molecule has 2 N–H and O–H groups in total. The van der Waals surface area contributed by atoms with Crippen molar-refractivity contribution in [3.63, 3.8) is 0 Å². The van der Waals surface area contributed by atoms with E-state index < -0.39 is 0 Å². The summed E-state index contributed by atoms with van der Waals surface area (Å²) < 4.78 is 15.8. The number of rotatable bonds is 8. The number of amides is 2. The van der Waals surface area contributed by atoms with Crippen molar-refractivity contribution in [1.82, 2.24) is 15.5 Å². The minimum atomic E-state index is -0.160. The molecule has 0 spiro atoms. The van der Waals surface area contributed by atoms with Gasteiger partial charge < -0.3 is 24.8 Å². The Balaban J connectivity index is 1.63. The van der Waals surface area contributed by atoms with E-state index in [1.165, 1.54) is 0 Å². The van der Waals surface area contributed by atoms with Crippen LogP contribution in [0.2, 0.25) is 0 Å². The van der Waals surface area contributed by atoms with Crippen LogP contribution in [0.15, 0.2) is 18.2 Å². The fourth-order valence-corrected chi connectivity index (χ4v) is 2.56. The summed E-state index contributed by atoms with van der Waals surface area (Å²) in [6.07, 6.45) is 0.934. The van der Waals surface area contributed by atoms with Gasteiger partial charge in [0.05, 0.1) is 27.4 Å². The molecule has 134 valence electrons. The second-order valence-electron chi connectivity index (χ2n) is 5.61. The molecular formula is C17H27N3O4. The van der Waals surface area contributed by atoms with Crippen LogP contribution in [0, 0.1) is 0 Å². The van der Waals surface area contributed by atoms with Crippen molar-refractivity contribution in [3.05, 3.63) is 23.8 Å². The van der Waals surface area contributed by atoms with Crippen LogP contribution in [-0.2, 0) is 11.3 Å². The van der Waals surface area contributed by atoms with Crippen molar-refractivity contribution in [2.75, 3.05) is 53.6 Å². The van der Waals surface area contributed by atoms with E-state index in [0.29, 0.717) is 24.6 Å². The van der Waals surface area contributed by atoms with Gasteiger partial charge in [-0.05, 0) is 30.7 Å². The Bertz CT molecular complexity index is 519. The molecule has 0 aromatic heterocycles. The molecule has 0 radical (unpaired) electrons. The zero-order valence-corrected chi connectivity index (χ0v) is 14.5. The van der Waals surface area contributed by atoms with E-state index in [2.05, 4.69) is 15.5 Å². The van der Waals surface area contributed by atoms with Crippen molar-refractivity contribution in [1.29, 1.82) is 0 Å². The van der Waals surface area contributed by atoms with E-state index in [9.17, 15) is 4.79 Å². The Kier molecular flexibility index (Phi) is 7.64. The minimum absolute atomic E-state index is 0.160. The lowest BCUT2D eigenvalue weighted by Gasteiger charge is -2.26. The number of urea groups is 1. The number of carbonyl (C=O) groups excluding carboxylic acids is 1. The van der Waals surface area contributed by atoms with Gasteiger partial charge in [0.15, 0.2) is 11.5 Å². The molecule has 0 unspecified atom stereocenters. The van der Waals surface area contributed by atoms with Crippen LogP contribution < -0.4 is 20.1 Å². The van der Waals surface area contributed by atoms with Crippen molar-refractivity contribution in [2.45, 2.75) is 13.0 Å². The molecule has 1 aliphatic rings. The third-order valence-corrected chi connectivity index (χ3v) is 3.94. The van der Waals surface area contributed by atoms with E-state index in [1.54, 1.807) is 14.2 Å². The third kappa shape index (κ3) is 5.90. The SMILES string of the molecule is COc1ccc(CNC(=O)NCCCN2CCOCC2)cc1OC. The molecule has 24 heavy (non-hydrogen) atoms. The molecule has 7 nitrogen and oxygen atoms in total. The fourth-order valence-electron chi connectivity index (χ4n) is 2.56. The summed E-state index contributed by atoms with van der Waals surface area (Å²) in [6, 6.07) is 5.43. The first-order valence-electron chi connectivity index (χ1n) is 8.25. The van der Waals surface area contributed by atoms with Crippen LogP contribution in [0.5, 0.6) is 11.5 Å². The monoisotopic (exact) mass is 337 g/mol. The molecule has 1 fully saturated rings. The lowest BCUT2D eigenvalue weighted by Crippen LogP contribution is -2.39. The van der Waals surface area contributed by atoms with Gasteiger partial charge in [0.2, 0.25) is 0 Å². The summed E-state index contributed by atoms with van der Waals surface area (Å²) in [7, 11) is 3.19. The van der Waals surface area contributed by atoms with Crippen LogP contribution in [-0.4, -0.2) is 64.5 Å². The number of ether oxygens (including phenoxy) is 3. The average Bonchev–Trinajstić information content (AvgIpc) is 2.64. The molecule has 7 heteroatoms. The normalized spacial score (nSPS) is 14.9. The largest absolute Gasteiger partial charge is 0.493 e. The average molecular weight is 337 g/mol. The second kappa shape index (κ2) is 10.00. The molecule has 0 atom stereocenters. The zero-order chi connectivity index (χ0) is 17.2. The molecule has 1 aliphatic heterocycles. The Hall–Kier alpha value is -1.99. The van der Waals surface area contributed by atoms with Crippen molar-refractivity contribution in [2.24, 2.45) is 0 Å². The first-order valence-corrected chi connectivity index (χ1v) is 8.25. The predicted molar refractivity (Wildman–Crippen MR) is 91.7 cm³/mol. The highest BCUT2D eigenvalue weighted by Crippen LogP contribution is 2.27. The second-order valence-corrected chi connectivity index (χ2v) is 5.61. The molecule has 2 rings (SSSR count). The van der Waals surface area contributed by atoms with E-state index in [1.807, 2.05) is 18.2 Å². The molecule has 1 saturated heterocycles. The van der Waals surface area contributed by atoms with Gasteiger partial charge in [-0.1, -0.05) is 6.07 Å². The Morgan fingerprint density at radius 2 is 1.92 bits per heavy atom. The highest BCUT2D eigenvalue weighted by atomic mass is 16.5. The van der Waals surface area contributed by atoms with Gasteiger partial charge in [-0.2, -0.15) is 0 Å². The van der Waals surface area contributed by atoms with Gasteiger partial charge in [0.1, 0.15) is 0 Å². The topological polar surface area (TPSA) is 72.1 Å². The van der Waals surface area contributed by atoms with Gasteiger partial charge in [-0.25, -0.2) is 4.79 Å². The Morgan fingerprint density at radius 3 is 2.62 bits per heavy atom. The number of methoxy groups -OCH3 is 2. The summed E-state index contributed by atoms with van der Waals surface area (Å²) in [4.78, 5) is 14.2. The quantitative estimate of drug-likeness (QED) is 0.698. The smallest absolute Gasteiger partial charge is 0.315 e. The molecular weight excluding hydrogens is 310 g/mol. The first kappa shape index (κ1) is 18.4. The maximum Gasteiger partial charge on any atom is 0.315 e. The lowest BCUT2D eigenvalue weighted by molar-refractivity contribution is 0.0375. The molecule has 0 aliphatic carbocycles. The van der Waals surface area contributed by atoms with Crippen molar-refractivity contribution in [3.8, 4) is 11.5 Å². The number of morpholine rings is 1. The van der Waals surface area contributed by atoms with E-state index >= 15 is 0 Å². The number of hydrogen-bond donors (Lipinski definition) is 2. The van der Waals surface area contributed by atoms with Crippen LogP contribution >= 0.6 is 0 Å². The molecule has 0 bridgehead atoms. The van der Waals surface area contributed by atoms with Gasteiger partial charge >= 0.3 is 6.03 Å². The first-order chi connectivity index (χ1) is 11.7. The van der Waals surface area contributed by atoms with Crippen molar-refractivity contribution >= 4 is 6.03 Å². The third-order valence-electron chi connectivity index (χ3n) is 3.94. The Morgan fingerprint density at radius 1 is 1.17 bits per heavy atom. The standard InChI is InChI=1S/C17H27N3O4/c1-22-15-5-4-14(12-16(15)23-2)13-19-17(21)18-6-3-7-20-8-10-24-11-9-20/h4-5,12H,3,6-11,13H2,1-2H3,(H2,18,19,21). The number of nitrogens with zero attached hydrogens (tertiary/aromatic N) is 1. The van der Waals surface area contributed by atoms with Gasteiger partial charge in [-0.15, -0.1) is 0 Å². The minimum Gasteiger partial charge on any atom is -0.493 e. The number of hydrogen-bond acceptors (Lipinski definition) is 5. The predicted octanol–water partition coefficient (Wildman–Crippen LogP) is 1.23. The Labute approximate surface area is 143 Å². The summed E-state index contributed by atoms with van der Waals surface area (Å²) in [5.41, 5.74) is 0.955. The lowest BCUT2D eigenvalue weighted by atomic mass is 10.2. The van der Waals surface area contributed by atoms with Crippen LogP contribution in [0.25, 0.3) is 0 Å². The highest BCUT2D eigenvalue weighted by molar-refractivity contribution is 5.73. The molecule has 0 saturated carbocycles. The summed E-state index contributed by atoms with van der Waals surface area (Å²) in [5, 5.41) is 5.73. The number of nitrogens with one attached hydrogen (secondary N) is 2. The van der Waals surface area contributed by atoms with Crippen LogP contribution in [0.3, 0.4) is 0 Å². The van der Waals surface area contributed by atoms with E-state index in [0.717, 1.165) is 44.8 Å². The maximum absolute atomic E-state index is 11.8. The van der Waals surface area contributed by atoms with Gasteiger partial charge in [-0.3, -0.25) is 4.90 Å². The van der Waals surface area contributed by atoms with Crippen LogP contribution in [0.1, 0.15) is 12.0 Å². The molecule has 2 amide bonds. The molecule has 1 aromatic rings. The number of benzene rings is 1. The molecule has 1 aromatic carbocycles. The summed E-state index contributed by atoms with van der Waals surface area (Å²) >= 11 is 0. The van der Waals surface area contributed by atoms with Crippen LogP contribution in [0.4, 0.5) is 4.79 Å². The van der Waals surface area contributed by atoms with Gasteiger partial charge in [0.25, 0.3) is 0 Å². The number of carbonyl (C=O) groups is 1.